The Labute approximate surface area is 281 Å². The van der Waals surface area contributed by atoms with Gasteiger partial charge >= 0.3 is 12.2 Å². The number of hydrogen-bond donors (Lipinski definition) is 1. The Morgan fingerprint density at radius 2 is 1.96 bits per heavy atom. The average Bonchev–Trinajstić information content (AvgIpc) is 3.87. The van der Waals surface area contributed by atoms with Crippen LogP contribution < -0.4 is 20.2 Å². The number of phenolic OH excluding ortho intramolecular Hbond substituents is 1. The predicted molar refractivity (Wildman–Crippen MR) is 178 cm³/mol. The van der Waals surface area contributed by atoms with Crippen molar-refractivity contribution < 1.29 is 34.9 Å². The van der Waals surface area contributed by atoms with Crippen molar-refractivity contribution in [3.8, 4) is 24.1 Å². The highest BCUT2D eigenvalue weighted by molar-refractivity contribution is 6.01. The minimum absolute atomic E-state index is 0.0273. The van der Waals surface area contributed by atoms with E-state index < -0.39 is 30.0 Å². The van der Waals surface area contributed by atoms with E-state index in [1.54, 1.807) is 0 Å². The molecule has 3 aliphatic rings. The molecule has 0 spiro atoms. The fourth-order valence-corrected chi connectivity index (χ4v) is 6.74. The van der Waals surface area contributed by atoms with Crippen molar-refractivity contribution in [1.82, 2.24) is 14.9 Å². The Morgan fingerprint density at radius 3 is 2.62 bits per heavy atom. The SMILES string of the molecule is [2H]C([2H])(Oc1nc(C(CC)CCCCC)c2c(n1)=CN(c1cc(O)cc3ccc(F)c(C#C)c13)C(C(F)(F)F)C=2)C1(CN2CCOCC2)CC1. The summed E-state index contributed by atoms with van der Waals surface area (Å²) in [5.41, 5.74) is -0.838. The molecule has 3 aromatic rings. The number of aromatic hydroxyl groups is 1. The Bertz CT molecular complexity index is 1910. The third-order valence-corrected chi connectivity index (χ3v) is 9.54. The molecule has 2 fully saturated rings. The third-order valence-electron chi connectivity index (χ3n) is 9.54. The van der Waals surface area contributed by atoms with Crippen LogP contribution in [0.2, 0.25) is 0 Å². The smallest absolute Gasteiger partial charge is 0.412 e. The molecular formula is C37H42F4N4O3. The number of benzene rings is 2. The second-order valence-corrected chi connectivity index (χ2v) is 13.0. The molecule has 7 nitrogen and oxygen atoms in total. The summed E-state index contributed by atoms with van der Waals surface area (Å²) in [5.74, 6) is 0.895. The lowest BCUT2D eigenvalue weighted by atomic mass is 9.92. The number of ether oxygens (including phenoxy) is 2. The average molecular weight is 669 g/mol. The lowest BCUT2D eigenvalue weighted by Gasteiger charge is -2.33. The Hall–Kier alpha value is -3.88. The summed E-state index contributed by atoms with van der Waals surface area (Å²) in [7, 11) is 0. The molecule has 2 aromatic carbocycles. The number of hydrogen-bond acceptors (Lipinski definition) is 7. The molecule has 6 rings (SSSR count). The summed E-state index contributed by atoms with van der Waals surface area (Å²) < 4.78 is 89.7. The van der Waals surface area contributed by atoms with Gasteiger partial charge in [-0.25, -0.2) is 4.39 Å². The number of unbranched alkanes of at least 4 members (excludes halogenated alkanes) is 2. The van der Waals surface area contributed by atoms with Gasteiger partial charge in [0.25, 0.3) is 0 Å². The van der Waals surface area contributed by atoms with Crippen LogP contribution in [0.4, 0.5) is 23.2 Å². The molecule has 3 heterocycles. The van der Waals surface area contributed by atoms with Crippen LogP contribution in [0.15, 0.2) is 24.3 Å². The van der Waals surface area contributed by atoms with Gasteiger partial charge in [-0.3, -0.25) is 4.90 Å². The molecule has 2 aliphatic heterocycles. The van der Waals surface area contributed by atoms with Crippen LogP contribution in [0, 0.1) is 23.6 Å². The number of aromatic nitrogens is 2. The molecule has 11 heteroatoms. The van der Waals surface area contributed by atoms with Crippen LogP contribution in [0.3, 0.4) is 0 Å². The zero-order chi connectivity index (χ0) is 35.8. The van der Waals surface area contributed by atoms with Crippen molar-refractivity contribution in [2.75, 3.05) is 44.3 Å². The molecule has 2 unspecified atom stereocenters. The first-order valence-corrected chi connectivity index (χ1v) is 16.7. The molecule has 1 aromatic heterocycles. The summed E-state index contributed by atoms with van der Waals surface area (Å²) in [6, 6.07) is 2.37. The molecule has 48 heavy (non-hydrogen) atoms. The Balaban J connectivity index is 1.52. The molecule has 0 bridgehead atoms. The maximum atomic E-state index is 15.0. The van der Waals surface area contributed by atoms with Crippen molar-refractivity contribution in [2.45, 2.75) is 76.9 Å². The zero-order valence-corrected chi connectivity index (χ0v) is 27.2. The van der Waals surface area contributed by atoms with Crippen LogP contribution in [-0.4, -0.2) is 71.6 Å². The molecule has 1 N–H and O–H groups in total. The van der Waals surface area contributed by atoms with Crippen molar-refractivity contribution in [3.05, 3.63) is 51.9 Å². The van der Waals surface area contributed by atoms with Gasteiger partial charge in [-0.1, -0.05) is 45.1 Å². The topological polar surface area (TPSA) is 71.0 Å². The van der Waals surface area contributed by atoms with Crippen LogP contribution in [0.5, 0.6) is 11.8 Å². The number of morpholine rings is 1. The molecule has 1 aliphatic carbocycles. The van der Waals surface area contributed by atoms with Gasteiger partial charge in [0.15, 0.2) is 0 Å². The molecule has 1 saturated heterocycles. The van der Waals surface area contributed by atoms with Gasteiger partial charge in [0.2, 0.25) is 0 Å². The monoisotopic (exact) mass is 668 g/mol. The number of terminal acetylenes is 1. The van der Waals surface area contributed by atoms with Crippen molar-refractivity contribution in [3.63, 3.8) is 0 Å². The lowest BCUT2D eigenvalue weighted by Crippen LogP contribution is -2.51. The first-order valence-electron chi connectivity index (χ1n) is 17.7. The van der Waals surface area contributed by atoms with E-state index in [1.165, 1.54) is 18.3 Å². The predicted octanol–water partition coefficient (Wildman–Crippen LogP) is 5.99. The van der Waals surface area contributed by atoms with E-state index in [2.05, 4.69) is 27.7 Å². The fraction of sp³-hybridized carbons (Fsp3) is 0.514. The second kappa shape index (κ2) is 13.9. The summed E-state index contributed by atoms with van der Waals surface area (Å²) in [4.78, 5) is 12.2. The molecule has 1 saturated carbocycles. The first kappa shape index (κ1) is 31.4. The van der Waals surface area contributed by atoms with E-state index >= 15 is 13.2 Å². The van der Waals surface area contributed by atoms with E-state index in [4.69, 9.17) is 18.6 Å². The summed E-state index contributed by atoms with van der Waals surface area (Å²) in [5, 5.41) is 11.2. The molecular weight excluding hydrogens is 624 g/mol. The quantitative estimate of drug-likeness (QED) is 0.145. The van der Waals surface area contributed by atoms with Gasteiger partial charge in [-0.05, 0) is 49.3 Å². The molecule has 2 atom stereocenters. The first-order chi connectivity index (χ1) is 23.8. The normalized spacial score (nSPS) is 20.5. The van der Waals surface area contributed by atoms with E-state index in [0.29, 0.717) is 64.2 Å². The second-order valence-electron chi connectivity index (χ2n) is 13.0. The third kappa shape index (κ3) is 7.10. The van der Waals surface area contributed by atoms with E-state index in [0.717, 1.165) is 42.4 Å². The van der Waals surface area contributed by atoms with Crippen LogP contribution in [0.1, 0.15) is 78.7 Å². The Kier molecular flexibility index (Phi) is 9.11. The number of anilines is 1. The summed E-state index contributed by atoms with van der Waals surface area (Å²) in [6.07, 6.45) is 8.26. The van der Waals surface area contributed by atoms with Gasteiger partial charge in [0.05, 0.1) is 44.8 Å². The number of rotatable bonds is 12. The number of nitrogens with zero attached hydrogens (tertiary/aromatic N) is 4. The number of halogens is 4. The van der Waals surface area contributed by atoms with Gasteiger partial charge in [-0.2, -0.15) is 23.1 Å². The van der Waals surface area contributed by atoms with E-state index in [1.807, 2.05) is 6.92 Å². The van der Waals surface area contributed by atoms with E-state index in [-0.39, 0.29) is 50.3 Å². The van der Waals surface area contributed by atoms with Gasteiger partial charge in [0, 0.05) is 53.8 Å². The number of phenols is 1. The fourth-order valence-electron chi connectivity index (χ4n) is 6.74. The standard InChI is InChI=1S/C37H42F4N4O3/c1-4-7-8-9-24(5-2)34-28-20-32(37(39,40)41)45(31-19-26(46)18-25-10-11-29(38)27(6-3)33(25)31)21-30(28)42-35(43-34)48-23-36(12-13-36)22-44-14-16-47-17-15-44/h3,10-11,18-21,24,32,46H,4-5,7-9,12-17,22-23H2,1-2H3/i23D2. The van der Waals surface area contributed by atoms with Crippen molar-refractivity contribution in [1.29, 1.82) is 0 Å². The number of alkyl halides is 3. The van der Waals surface area contributed by atoms with Gasteiger partial charge < -0.3 is 19.5 Å². The van der Waals surface area contributed by atoms with Crippen molar-refractivity contribution in [2.24, 2.45) is 5.41 Å². The summed E-state index contributed by atoms with van der Waals surface area (Å²) in [6.45, 7) is 4.82. The minimum Gasteiger partial charge on any atom is -0.508 e. The minimum atomic E-state index is -4.82. The van der Waals surface area contributed by atoms with Crippen molar-refractivity contribution >= 4 is 28.7 Å². The highest BCUT2D eigenvalue weighted by atomic mass is 19.4. The molecule has 0 radical (unpaired) electrons. The summed E-state index contributed by atoms with van der Waals surface area (Å²) >= 11 is 0. The van der Waals surface area contributed by atoms with Crippen LogP contribution in [-0.2, 0) is 4.74 Å². The van der Waals surface area contributed by atoms with Crippen LogP contribution in [0.25, 0.3) is 23.0 Å². The molecule has 256 valence electrons. The highest BCUT2D eigenvalue weighted by Crippen LogP contribution is 2.46. The maximum Gasteiger partial charge on any atom is 0.412 e. The Morgan fingerprint density at radius 1 is 1.19 bits per heavy atom. The van der Waals surface area contributed by atoms with Gasteiger partial charge in [-0.15, -0.1) is 6.42 Å². The zero-order valence-electron chi connectivity index (χ0n) is 29.2. The maximum absolute atomic E-state index is 15.0. The van der Waals surface area contributed by atoms with E-state index in [9.17, 15) is 9.50 Å². The highest BCUT2D eigenvalue weighted by Gasteiger charge is 2.46. The largest absolute Gasteiger partial charge is 0.508 e. The van der Waals surface area contributed by atoms with Gasteiger partial charge in [0.1, 0.15) is 17.6 Å². The van der Waals surface area contributed by atoms with Crippen LogP contribution >= 0.6 is 0 Å². The lowest BCUT2D eigenvalue weighted by molar-refractivity contribution is -0.132. The number of fused-ring (bicyclic) bond motifs is 2. The molecule has 0 amide bonds.